The normalized spacial score (nSPS) is 11.5. The topological polar surface area (TPSA) is 49.9 Å². The van der Waals surface area contributed by atoms with E-state index >= 15 is 0 Å². The van der Waals surface area contributed by atoms with Crippen molar-refractivity contribution in [3.63, 3.8) is 0 Å². The van der Waals surface area contributed by atoms with Crippen LogP contribution in [0.1, 0.15) is 16.8 Å². The van der Waals surface area contributed by atoms with Gasteiger partial charge in [-0.25, -0.2) is 12.8 Å². The number of aryl methyl sites for hydroxylation is 1. The first kappa shape index (κ1) is 19.2. The lowest BCUT2D eigenvalue weighted by atomic mass is 10.0. The number of hydrogen-bond acceptors (Lipinski definition) is 2. The van der Waals surface area contributed by atoms with Gasteiger partial charge in [-0.2, -0.15) is 0 Å². The minimum absolute atomic E-state index is 0.269. The molecule has 146 valence electrons. The van der Waals surface area contributed by atoms with E-state index in [0.29, 0.717) is 28.1 Å². The third kappa shape index (κ3) is 3.74. The lowest BCUT2D eigenvalue weighted by molar-refractivity contribution is 0.595. The van der Waals surface area contributed by atoms with Crippen LogP contribution in [0.25, 0.3) is 11.3 Å². The zero-order valence-electron chi connectivity index (χ0n) is 15.9. The van der Waals surface area contributed by atoms with Crippen LogP contribution in [-0.4, -0.2) is 13.4 Å². The Labute approximate surface area is 169 Å². The largest absolute Gasteiger partial charge is 0.358 e. The number of rotatable bonds is 5. The first-order chi connectivity index (χ1) is 14.0. The quantitative estimate of drug-likeness (QED) is 0.473. The Kier molecular flexibility index (Phi) is 5.07. The summed E-state index contributed by atoms with van der Waals surface area (Å²) in [4.78, 5) is 3.78. The van der Waals surface area contributed by atoms with E-state index in [2.05, 4.69) is 4.98 Å². The monoisotopic (exact) mass is 405 g/mol. The summed E-state index contributed by atoms with van der Waals surface area (Å²) >= 11 is 0. The first-order valence-corrected chi connectivity index (χ1v) is 10.8. The molecule has 0 aliphatic heterocycles. The maximum atomic E-state index is 14.2. The third-order valence-electron chi connectivity index (χ3n) is 4.98. The van der Waals surface area contributed by atoms with E-state index in [1.807, 2.05) is 25.1 Å². The van der Waals surface area contributed by atoms with Crippen molar-refractivity contribution >= 4 is 9.84 Å². The van der Waals surface area contributed by atoms with Gasteiger partial charge in [-0.3, -0.25) is 0 Å². The summed E-state index contributed by atoms with van der Waals surface area (Å²) < 4.78 is 40.4. The predicted molar refractivity (Wildman–Crippen MR) is 112 cm³/mol. The van der Waals surface area contributed by atoms with E-state index in [1.54, 1.807) is 60.7 Å². The maximum Gasteiger partial charge on any atom is 0.206 e. The lowest BCUT2D eigenvalue weighted by Crippen LogP contribution is -2.06. The van der Waals surface area contributed by atoms with Crippen LogP contribution in [-0.2, 0) is 16.3 Å². The Hall–Kier alpha value is -3.18. The van der Waals surface area contributed by atoms with Crippen LogP contribution in [0.4, 0.5) is 4.39 Å². The molecule has 0 saturated carbocycles. The lowest BCUT2D eigenvalue weighted by Gasteiger charge is -2.10. The van der Waals surface area contributed by atoms with Crippen molar-refractivity contribution in [3.8, 4) is 11.3 Å². The fraction of sp³-hybridized carbons (Fsp3) is 0.0833. The summed E-state index contributed by atoms with van der Waals surface area (Å²) in [5, 5.41) is 0. The van der Waals surface area contributed by atoms with Crippen molar-refractivity contribution in [1.29, 1.82) is 0 Å². The van der Waals surface area contributed by atoms with Gasteiger partial charge in [-0.05, 0) is 54.4 Å². The second-order valence-corrected chi connectivity index (χ2v) is 8.83. The number of aromatic amines is 1. The molecule has 0 amide bonds. The minimum Gasteiger partial charge on any atom is -0.358 e. The summed E-state index contributed by atoms with van der Waals surface area (Å²) in [6, 6.07) is 23.9. The van der Waals surface area contributed by atoms with Crippen LogP contribution >= 0.6 is 0 Å². The van der Waals surface area contributed by atoms with Gasteiger partial charge in [-0.1, -0.05) is 48.5 Å². The average Bonchev–Trinajstić information content (AvgIpc) is 3.09. The van der Waals surface area contributed by atoms with Crippen LogP contribution in [0.3, 0.4) is 0 Å². The van der Waals surface area contributed by atoms with Gasteiger partial charge in [0.15, 0.2) is 0 Å². The molecule has 3 nitrogen and oxygen atoms in total. The van der Waals surface area contributed by atoms with Crippen molar-refractivity contribution in [2.75, 3.05) is 0 Å². The van der Waals surface area contributed by atoms with Crippen LogP contribution in [0.2, 0.25) is 0 Å². The molecular weight excluding hydrogens is 385 g/mol. The van der Waals surface area contributed by atoms with Crippen molar-refractivity contribution in [2.45, 2.75) is 23.1 Å². The molecule has 0 aliphatic carbocycles. The molecule has 0 fully saturated rings. The maximum absolute atomic E-state index is 14.2. The highest BCUT2D eigenvalue weighted by Gasteiger charge is 2.21. The summed E-state index contributed by atoms with van der Waals surface area (Å²) in [6.07, 6.45) is 0.430. The van der Waals surface area contributed by atoms with Gasteiger partial charge >= 0.3 is 0 Å². The number of H-pyrrole nitrogens is 1. The smallest absolute Gasteiger partial charge is 0.206 e. The SMILES string of the molecule is Cc1[nH]c(-c2ccccc2F)cc1Cc1ccccc1S(=O)(=O)c1ccccc1. The molecule has 29 heavy (non-hydrogen) atoms. The van der Waals surface area contributed by atoms with Crippen molar-refractivity contribution < 1.29 is 12.8 Å². The van der Waals surface area contributed by atoms with Gasteiger partial charge in [0.1, 0.15) is 5.82 Å². The van der Waals surface area contributed by atoms with Crippen molar-refractivity contribution in [2.24, 2.45) is 0 Å². The standard InChI is InChI=1S/C24H20FNO2S/c1-17-19(16-23(26-17)21-12-6-7-13-22(21)25)15-18-9-5-8-14-24(18)29(27,28)20-10-3-2-4-11-20/h2-14,16,26H,15H2,1H3. The fourth-order valence-corrected chi connectivity index (χ4v) is 4.97. The number of sulfone groups is 1. The third-order valence-corrected chi connectivity index (χ3v) is 6.85. The Morgan fingerprint density at radius 1 is 0.828 bits per heavy atom. The van der Waals surface area contributed by atoms with Crippen molar-refractivity contribution in [1.82, 2.24) is 4.98 Å². The number of hydrogen-bond donors (Lipinski definition) is 1. The van der Waals surface area contributed by atoms with Gasteiger partial charge in [-0.15, -0.1) is 0 Å². The van der Waals surface area contributed by atoms with E-state index in [1.165, 1.54) is 6.07 Å². The molecule has 3 aromatic carbocycles. The summed E-state index contributed by atoms with van der Waals surface area (Å²) in [7, 11) is -3.62. The fourth-order valence-electron chi connectivity index (χ4n) is 3.45. The second kappa shape index (κ2) is 7.68. The summed E-state index contributed by atoms with van der Waals surface area (Å²) in [5.74, 6) is -0.299. The molecular formula is C24H20FNO2S. The Morgan fingerprint density at radius 3 is 2.24 bits per heavy atom. The zero-order chi connectivity index (χ0) is 20.4. The molecule has 1 heterocycles. The summed E-state index contributed by atoms with van der Waals surface area (Å²) in [6.45, 7) is 1.91. The predicted octanol–water partition coefficient (Wildman–Crippen LogP) is 5.55. The molecule has 0 unspecified atom stereocenters. The van der Waals surface area contributed by atoms with Gasteiger partial charge in [0.2, 0.25) is 9.84 Å². The van der Waals surface area contributed by atoms with Crippen LogP contribution in [0, 0.1) is 12.7 Å². The van der Waals surface area contributed by atoms with E-state index in [4.69, 9.17) is 0 Å². The molecule has 1 aromatic heterocycles. The molecule has 0 saturated heterocycles. The van der Waals surface area contributed by atoms with Crippen LogP contribution in [0.15, 0.2) is 94.7 Å². The first-order valence-electron chi connectivity index (χ1n) is 9.28. The highest BCUT2D eigenvalue weighted by molar-refractivity contribution is 7.91. The van der Waals surface area contributed by atoms with Crippen LogP contribution in [0.5, 0.6) is 0 Å². The molecule has 4 rings (SSSR count). The molecule has 0 radical (unpaired) electrons. The van der Waals surface area contributed by atoms with E-state index in [-0.39, 0.29) is 10.7 Å². The van der Waals surface area contributed by atoms with E-state index < -0.39 is 9.84 Å². The number of nitrogens with one attached hydrogen (secondary N) is 1. The van der Waals surface area contributed by atoms with Gasteiger partial charge in [0.25, 0.3) is 0 Å². The highest BCUT2D eigenvalue weighted by Crippen LogP contribution is 2.29. The van der Waals surface area contributed by atoms with Gasteiger partial charge in [0, 0.05) is 23.4 Å². The minimum atomic E-state index is -3.62. The molecule has 0 atom stereocenters. The van der Waals surface area contributed by atoms with Gasteiger partial charge < -0.3 is 4.98 Å². The highest BCUT2D eigenvalue weighted by atomic mass is 32.2. The number of halogens is 1. The Bertz CT molecular complexity index is 1260. The average molecular weight is 405 g/mol. The molecule has 0 spiro atoms. The second-order valence-electron chi connectivity index (χ2n) is 6.91. The molecule has 1 N–H and O–H groups in total. The number of aromatic nitrogens is 1. The van der Waals surface area contributed by atoms with Crippen molar-refractivity contribution in [3.05, 3.63) is 108 Å². The molecule has 5 heteroatoms. The Balaban J connectivity index is 1.73. The molecule has 4 aromatic rings. The van der Waals surface area contributed by atoms with Crippen LogP contribution < -0.4 is 0 Å². The Morgan fingerprint density at radius 2 is 1.48 bits per heavy atom. The molecule has 0 bridgehead atoms. The summed E-state index contributed by atoms with van der Waals surface area (Å²) in [5.41, 5.74) is 3.69. The molecule has 0 aliphatic rings. The number of benzene rings is 3. The zero-order valence-corrected chi connectivity index (χ0v) is 16.7. The van der Waals surface area contributed by atoms with E-state index in [9.17, 15) is 12.8 Å². The van der Waals surface area contributed by atoms with E-state index in [0.717, 1.165) is 11.3 Å². The van der Waals surface area contributed by atoms with Gasteiger partial charge in [0.05, 0.1) is 9.79 Å².